The number of hydrogen-bond donors (Lipinski definition) is 1. The smallest absolute Gasteiger partial charge is 0.260 e. The third kappa shape index (κ3) is 3.30. The van der Waals surface area contributed by atoms with E-state index in [1.165, 1.54) is 0 Å². The molecule has 1 atom stereocenters. The van der Waals surface area contributed by atoms with Gasteiger partial charge in [0.05, 0.1) is 0 Å². The van der Waals surface area contributed by atoms with Gasteiger partial charge < -0.3 is 0 Å². The highest BCUT2D eigenvalue weighted by Crippen LogP contribution is 2.16. The summed E-state index contributed by atoms with van der Waals surface area (Å²) in [6.45, 7) is 4.66. The highest BCUT2D eigenvalue weighted by molar-refractivity contribution is 9.10. The van der Waals surface area contributed by atoms with E-state index in [9.17, 15) is 4.79 Å². The van der Waals surface area contributed by atoms with Crippen molar-refractivity contribution in [2.75, 3.05) is 6.54 Å². The Morgan fingerprint density at radius 2 is 2.32 bits per heavy atom. The molecule has 1 unspecified atom stereocenters. The summed E-state index contributed by atoms with van der Waals surface area (Å²) in [4.78, 5) is 18.5. The first-order valence-electron chi connectivity index (χ1n) is 6.16. The van der Waals surface area contributed by atoms with Gasteiger partial charge in [-0.3, -0.25) is 15.0 Å². The van der Waals surface area contributed by atoms with Gasteiger partial charge in [0.2, 0.25) is 0 Å². The van der Waals surface area contributed by atoms with Gasteiger partial charge in [0.25, 0.3) is 5.91 Å². The Morgan fingerprint density at radius 1 is 1.53 bits per heavy atom. The molecule has 5 heteroatoms. The number of amides is 1. The van der Waals surface area contributed by atoms with Crippen LogP contribution in [0.2, 0.25) is 0 Å². The zero-order valence-corrected chi connectivity index (χ0v) is 12.5. The van der Waals surface area contributed by atoms with Gasteiger partial charge in [0, 0.05) is 21.9 Å². The number of carbonyl (C=O) groups excluding carboxylic acids is 1. The standard InChI is InChI=1S/C14H16BrN3O/c1-3-16-14-17-10(2)7-8-18(14)13(19)11-5-4-6-12(15)9-11/h4-9,14,16H,3H2,1-2H3. The highest BCUT2D eigenvalue weighted by Gasteiger charge is 2.23. The predicted octanol–water partition coefficient (Wildman–Crippen LogP) is 2.77. The molecule has 1 N–H and O–H groups in total. The van der Waals surface area contributed by atoms with Gasteiger partial charge in [-0.2, -0.15) is 0 Å². The summed E-state index contributed by atoms with van der Waals surface area (Å²) in [5, 5.41) is 3.18. The zero-order chi connectivity index (χ0) is 13.8. The number of carbonyl (C=O) groups is 1. The van der Waals surface area contributed by atoms with E-state index in [2.05, 4.69) is 26.2 Å². The second-order valence-corrected chi connectivity index (χ2v) is 5.16. The summed E-state index contributed by atoms with van der Waals surface area (Å²) in [6, 6.07) is 7.36. The number of halogens is 1. The van der Waals surface area contributed by atoms with Crippen molar-refractivity contribution in [3.8, 4) is 0 Å². The van der Waals surface area contributed by atoms with E-state index in [0.29, 0.717) is 5.56 Å². The summed E-state index contributed by atoms with van der Waals surface area (Å²) in [7, 11) is 0. The lowest BCUT2D eigenvalue weighted by Gasteiger charge is -2.29. The minimum Gasteiger partial charge on any atom is -0.279 e. The fourth-order valence-electron chi connectivity index (χ4n) is 1.84. The number of hydrogen-bond acceptors (Lipinski definition) is 3. The Bertz CT molecular complexity index is 539. The molecule has 0 fully saturated rings. The molecule has 1 aromatic carbocycles. The van der Waals surface area contributed by atoms with Crippen LogP contribution in [-0.2, 0) is 0 Å². The van der Waals surface area contributed by atoms with E-state index in [4.69, 9.17) is 0 Å². The van der Waals surface area contributed by atoms with Crippen molar-refractivity contribution in [2.45, 2.75) is 20.1 Å². The fraction of sp³-hybridized carbons (Fsp3) is 0.286. The van der Waals surface area contributed by atoms with Crippen LogP contribution in [0.25, 0.3) is 0 Å². The molecule has 2 rings (SSSR count). The van der Waals surface area contributed by atoms with Crippen LogP contribution < -0.4 is 5.32 Å². The van der Waals surface area contributed by atoms with Crippen LogP contribution in [0.4, 0.5) is 0 Å². The Kier molecular flexibility index (Phi) is 4.50. The number of nitrogens with zero attached hydrogens (tertiary/aromatic N) is 2. The Balaban J connectivity index is 2.25. The lowest BCUT2D eigenvalue weighted by Crippen LogP contribution is -2.46. The molecule has 1 aliphatic heterocycles. The molecule has 1 aliphatic rings. The molecule has 1 heterocycles. The molecule has 1 aromatic rings. The maximum atomic E-state index is 12.5. The van der Waals surface area contributed by atoms with E-state index in [1.807, 2.05) is 38.1 Å². The average Bonchev–Trinajstić information content (AvgIpc) is 2.39. The summed E-state index contributed by atoms with van der Waals surface area (Å²) >= 11 is 3.38. The van der Waals surface area contributed by atoms with Gasteiger partial charge >= 0.3 is 0 Å². The largest absolute Gasteiger partial charge is 0.279 e. The molecule has 0 aromatic heterocycles. The van der Waals surface area contributed by atoms with Gasteiger partial charge in [-0.1, -0.05) is 28.9 Å². The molecule has 0 saturated carbocycles. The Morgan fingerprint density at radius 3 is 3.00 bits per heavy atom. The number of rotatable bonds is 3. The van der Waals surface area contributed by atoms with E-state index < -0.39 is 0 Å². The van der Waals surface area contributed by atoms with Gasteiger partial charge in [0.1, 0.15) is 0 Å². The Labute approximate surface area is 121 Å². The molecular formula is C14H16BrN3O. The molecule has 0 radical (unpaired) electrons. The SMILES string of the molecule is CCNC1N=C(C)C=CN1C(=O)c1cccc(Br)c1. The first-order valence-corrected chi connectivity index (χ1v) is 6.95. The molecule has 0 aliphatic carbocycles. The van der Waals surface area contributed by atoms with Crippen LogP contribution in [0.15, 0.2) is 46.0 Å². The lowest BCUT2D eigenvalue weighted by molar-refractivity contribution is 0.0748. The zero-order valence-electron chi connectivity index (χ0n) is 10.9. The number of nitrogens with one attached hydrogen (secondary N) is 1. The molecule has 0 spiro atoms. The first-order chi connectivity index (χ1) is 9.11. The van der Waals surface area contributed by atoms with E-state index >= 15 is 0 Å². The van der Waals surface area contributed by atoms with Crippen LogP contribution in [0.5, 0.6) is 0 Å². The lowest BCUT2D eigenvalue weighted by atomic mass is 10.2. The van der Waals surface area contributed by atoms with Crippen molar-refractivity contribution >= 4 is 27.5 Å². The van der Waals surface area contributed by atoms with E-state index in [1.54, 1.807) is 17.2 Å². The van der Waals surface area contributed by atoms with Gasteiger partial charge in [0.15, 0.2) is 6.29 Å². The maximum absolute atomic E-state index is 12.5. The monoisotopic (exact) mass is 321 g/mol. The fourth-order valence-corrected chi connectivity index (χ4v) is 2.24. The summed E-state index contributed by atoms with van der Waals surface area (Å²) in [6.07, 6.45) is 3.28. The Hall–Kier alpha value is -1.46. The van der Waals surface area contributed by atoms with Crippen LogP contribution in [0, 0.1) is 0 Å². The van der Waals surface area contributed by atoms with Crippen LogP contribution in [0.1, 0.15) is 24.2 Å². The second-order valence-electron chi connectivity index (χ2n) is 4.24. The third-order valence-electron chi connectivity index (χ3n) is 2.76. The van der Waals surface area contributed by atoms with Crippen molar-refractivity contribution < 1.29 is 4.79 Å². The van der Waals surface area contributed by atoms with Crippen LogP contribution >= 0.6 is 15.9 Å². The summed E-state index contributed by atoms with van der Waals surface area (Å²) in [5.74, 6) is -0.0697. The average molecular weight is 322 g/mol. The molecule has 1 amide bonds. The molecule has 0 bridgehead atoms. The minimum atomic E-state index is -0.332. The number of allylic oxidation sites excluding steroid dienone is 1. The van der Waals surface area contributed by atoms with Gasteiger partial charge in [-0.25, -0.2) is 4.99 Å². The molecule has 100 valence electrons. The van der Waals surface area contributed by atoms with Crippen LogP contribution in [0.3, 0.4) is 0 Å². The van der Waals surface area contributed by atoms with E-state index in [-0.39, 0.29) is 12.2 Å². The van der Waals surface area contributed by atoms with E-state index in [0.717, 1.165) is 16.7 Å². The molecular weight excluding hydrogens is 306 g/mol. The number of benzene rings is 1. The molecule has 4 nitrogen and oxygen atoms in total. The summed E-state index contributed by atoms with van der Waals surface area (Å²) in [5.41, 5.74) is 1.54. The third-order valence-corrected chi connectivity index (χ3v) is 3.25. The molecule has 19 heavy (non-hydrogen) atoms. The van der Waals surface area contributed by atoms with Gasteiger partial charge in [-0.15, -0.1) is 0 Å². The van der Waals surface area contributed by atoms with Crippen molar-refractivity contribution in [1.29, 1.82) is 0 Å². The quantitative estimate of drug-likeness (QED) is 0.930. The maximum Gasteiger partial charge on any atom is 0.260 e. The van der Waals surface area contributed by atoms with Gasteiger partial charge in [-0.05, 0) is 37.7 Å². The second kappa shape index (κ2) is 6.12. The minimum absolute atomic E-state index is 0.0697. The number of aliphatic imine (C=N–C) groups is 1. The predicted molar refractivity (Wildman–Crippen MR) is 80.0 cm³/mol. The van der Waals surface area contributed by atoms with Crippen LogP contribution in [-0.4, -0.2) is 29.4 Å². The van der Waals surface area contributed by atoms with Crippen molar-refractivity contribution in [3.63, 3.8) is 0 Å². The van der Waals surface area contributed by atoms with Crippen molar-refractivity contribution in [2.24, 2.45) is 4.99 Å². The summed E-state index contributed by atoms with van der Waals surface area (Å²) < 4.78 is 0.888. The normalized spacial score (nSPS) is 18.4. The van der Waals surface area contributed by atoms with Crippen molar-refractivity contribution in [1.82, 2.24) is 10.2 Å². The topological polar surface area (TPSA) is 44.7 Å². The first kappa shape index (κ1) is 14.0. The molecule has 0 saturated heterocycles. The highest BCUT2D eigenvalue weighted by atomic mass is 79.9. The van der Waals surface area contributed by atoms with Crippen molar-refractivity contribution in [3.05, 3.63) is 46.6 Å².